The zero-order valence-electron chi connectivity index (χ0n) is 9.24. The molecule has 2 rings (SSSR count). The van der Waals surface area contributed by atoms with E-state index in [1.54, 1.807) is 24.3 Å². The van der Waals surface area contributed by atoms with E-state index in [1.807, 2.05) is 0 Å². The number of nitrogen functional groups attached to an aromatic ring is 1. The first kappa shape index (κ1) is 12.6. The standard InChI is InChI=1S/C13H10ClF2NO/c14-10-3-1-2-4-12(10)18-11-6-5-8(17)7-9(11)13(15)16/h1-7,13H,17H2. The van der Waals surface area contributed by atoms with Crippen molar-refractivity contribution in [1.82, 2.24) is 0 Å². The second-order valence-corrected chi connectivity index (χ2v) is 4.04. The van der Waals surface area contributed by atoms with Crippen LogP contribution in [0.2, 0.25) is 5.02 Å². The van der Waals surface area contributed by atoms with Crippen LogP contribution in [0.15, 0.2) is 42.5 Å². The van der Waals surface area contributed by atoms with Crippen molar-refractivity contribution in [2.75, 3.05) is 5.73 Å². The van der Waals surface area contributed by atoms with Crippen LogP contribution < -0.4 is 10.5 Å². The largest absolute Gasteiger partial charge is 0.455 e. The fraction of sp³-hybridized carbons (Fsp3) is 0.0769. The van der Waals surface area contributed by atoms with Gasteiger partial charge in [-0.1, -0.05) is 23.7 Å². The van der Waals surface area contributed by atoms with E-state index < -0.39 is 6.43 Å². The van der Waals surface area contributed by atoms with Gasteiger partial charge in [0, 0.05) is 5.69 Å². The summed E-state index contributed by atoms with van der Waals surface area (Å²) >= 11 is 5.90. The fourth-order valence-electron chi connectivity index (χ4n) is 1.48. The highest BCUT2D eigenvalue weighted by molar-refractivity contribution is 6.32. The molecule has 2 aromatic carbocycles. The molecular formula is C13H10ClF2NO. The predicted molar refractivity (Wildman–Crippen MR) is 67.3 cm³/mol. The van der Waals surface area contributed by atoms with Gasteiger partial charge >= 0.3 is 0 Å². The molecule has 0 aliphatic carbocycles. The van der Waals surface area contributed by atoms with Gasteiger partial charge in [0.25, 0.3) is 6.43 Å². The van der Waals surface area contributed by atoms with Crippen LogP contribution in [-0.2, 0) is 0 Å². The van der Waals surface area contributed by atoms with Gasteiger partial charge in [0.15, 0.2) is 0 Å². The molecule has 0 fully saturated rings. The SMILES string of the molecule is Nc1ccc(Oc2ccccc2Cl)c(C(F)F)c1. The smallest absolute Gasteiger partial charge is 0.267 e. The highest BCUT2D eigenvalue weighted by atomic mass is 35.5. The summed E-state index contributed by atoms with van der Waals surface area (Å²) in [5, 5.41) is 0.356. The van der Waals surface area contributed by atoms with E-state index in [-0.39, 0.29) is 17.0 Å². The van der Waals surface area contributed by atoms with Crippen LogP contribution in [0.25, 0.3) is 0 Å². The van der Waals surface area contributed by atoms with Crippen molar-refractivity contribution in [2.45, 2.75) is 6.43 Å². The molecular weight excluding hydrogens is 260 g/mol. The minimum atomic E-state index is -2.66. The van der Waals surface area contributed by atoms with Crippen molar-refractivity contribution in [3.63, 3.8) is 0 Å². The van der Waals surface area contributed by atoms with E-state index in [2.05, 4.69) is 0 Å². The minimum Gasteiger partial charge on any atom is -0.455 e. The summed E-state index contributed by atoms with van der Waals surface area (Å²) in [6, 6.07) is 10.8. The molecule has 0 unspecified atom stereocenters. The Balaban J connectivity index is 2.37. The number of halogens is 3. The van der Waals surface area contributed by atoms with Gasteiger partial charge in [0.1, 0.15) is 11.5 Å². The van der Waals surface area contributed by atoms with E-state index in [0.717, 1.165) is 0 Å². The van der Waals surface area contributed by atoms with Crippen LogP contribution in [0, 0.1) is 0 Å². The summed E-state index contributed by atoms with van der Waals surface area (Å²) in [4.78, 5) is 0. The van der Waals surface area contributed by atoms with E-state index in [0.29, 0.717) is 10.8 Å². The van der Waals surface area contributed by atoms with Crippen LogP contribution in [0.3, 0.4) is 0 Å². The van der Waals surface area contributed by atoms with Crippen molar-refractivity contribution in [3.8, 4) is 11.5 Å². The van der Waals surface area contributed by atoms with E-state index in [9.17, 15) is 8.78 Å². The maximum Gasteiger partial charge on any atom is 0.267 e. The van der Waals surface area contributed by atoms with Gasteiger partial charge < -0.3 is 10.5 Å². The first-order valence-electron chi connectivity index (χ1n) is 5.18. The molecule has 0 spiro atoms. The lowest BCUT2D eigenvalue weighted by atomic mass is 10.2. The molecule has 0 radical (unpaired) electrons. The summed E-state index contributed by atoms with van der Waals surface area (Å²) in [5.41, 5.74) is 5.48. The summed E-state index contributed by atoms with van der Waals surface area (Å²) in [6.07, 6.45) is -2.66. The molecule has 2 N–H and O–H groups in total. The molecule has 0 aliphatic rings. The number of nitrogens with two attached hydrogens (primary N) is 1. The Bertz CT molecular complexity index is 560. The summed E-state index contributed by atoms with van der Waals surface area (Å²) in [7, 11) is 0. The Morgan fingerprint density at radius 1 is 1.06 bits per heavy atom. The van der Waals surface area contributed by atoms with Crippen molar-refractivity contribution < 1.29 is 13.5 Å². The van der Waals surface area contributed by atoms with E-state index in [4.69, 9.17) is 22.1 Å². The average molecular weight is 270 g/mol. The van der Waals surface area contributed by atoms with Gasteiger partial charge in [-0.2, -0.15) is 0 Å². The van der Waals surface area contributed by atoms with Crippen LogP contribution in [0.1, 0.15) is 12.0 Å². The van der Waals surface area contributed by atoms with Crippen LogP contribution >= 0.6 is 11.6 Å². The van der Waals surface area contributed by atoms with Gasteiger partial charge in [-0.3, -0.25) is 0 Å². The van der Waals surface area contributed by atoms with Gasteiger partial charge in [-0.25, -0.2) is 8.78 Å². The van der Waals surface area contributed by atoms with E-state index in [1.165, 1.54) is 18.2 Å². The molecule has 0 saturated carbocycles. The first-order valence-corrected chi connectivity index (χ1v) is 5.55. The van der Waals surface area contributed by atoms with Crippen molar-refractivity contribution in [1.29, 1.82) is 0 Å². The number of hydrogen-bond acceptors (Lipinski definition) is 2. The predicted octanol–water partition coefficient (Wildman–Crippen LogP) is 4.65. The lowest BCUT2D eigenvalue weighted by molar-refractivity contribution is 0.148. The van der Waals surface area contributed by atoms with Crippen molar-refractivity contribution >= 4 is 17.3 Å². The first-order chi connectivity index (χ1) is 8.58. The fourth-order valence-corrected chi connectivity index (χ4v) is 1.65. The lowest BCUT2D eigenvalue weighted by Crippen LogP contribution is -1.95. The molecule has 0 aliphatic heterocycles. The zero-order valence-corrected chi connectivity index (χ0v) is 9.99. The maximum atomic E-state index is 12.8. The van der Waals surface area contributed by atoms with Gasteiger partial charge in [0.2, 0.25) is 0 Å². The highest BCUT2D eigenvalue weighted by Crippen LogP contribution is 2.36. The topological polar surface area (TPSA) is 35.2 Å². The van der Waals surface area contributed by atoms with Crippen LogP contribution in [0.4, 0.5) is 14.5 Å². The number of anilines is 1. The Morgan fingerprint density at radius 3 is 2.44 bits per heavy atom. The molecule has 0 aromatic heterocycles. The quantitative estimate of drug-likeness (QED) is 0.823. The zero-order chi connectivity index (χ0) is 13.1. The highest BCUT2D eigenvalue weighted by Gasteiger charge is 2.15. The van der Waals surface area contributed by atoms with E-state index >= 15 is 0 Å². The summed E-state index contributed by atoms with van der Waals surface area (Å²) in [6.45, 7) is 0. The van der Waals surface area contributed by atoms with Crippen molar-refractivity contribution in [3.05, 3.63) is 53.1 Å². The molecule has 18 heavy (non-hydrogen) atoms. The molecule has 0 bridgehead atoms. The van der Waals surface area contributed by atoms with Gasteiger partial charge in [0.05, 0.1) is 10.6 Å². The van der Waals surface area contributed by atoms with Crippen LogP contribution in [0.5, 0.6) is 11.5 Å². The Kier molecular flexibility index (Phi) is 3.67. The Hall–Kier alpha value is -1.81. The number of alkyl halides is 2. The second kappa shape index (κ2) is 5.23. The number of rotatable bonds is 3. The lowest BCUT2D eigenvalue weighted by Gasteiger charge is -2.12. The normalized spacial score (nSPS) is 10.7. The summed E-state index contributed by atoms with van der Waals surface area (Å²) < 4.78 is 31.1. The molecule has 0 heterocycles. The van der Waals surface area contributed by atoms with Crippen molar-refractivity contribution in [2.24, 2.45) is 0 Å². The molecule has 0 saturated heterocycles. The Labute approximate surface area is 108 Å². The van der Waals surface area contributed by atoms with Crippen LogP contribution in [-0.4, -0.2) is 0 Å². The second-order valence-electron chi connectivity index (χ2n) is 3.63. The number of ether oxygens (including phenoxy) is 1. The summed E-state index contributed by atoms with van der Waals surface area (Å²) in [5.74, 6) is 0.373. The monoisotopic (exact) mass is 269 g/mol. The third kappa shape index (κ3) is 2.71. The number of hydrogen-bond donors (Lipinski definition) is 1. The molecule has 0 atom stereocenters. The molecule has 94 valence electrons. The number of para-hydroxylation sites is 1. The third-order valence-electron chi connectivity index (χ3n) is 2.33. The molecule has 2 nitrogen and oxygen atoms in total. The molecule has 2 aromatic rings. The molecule has 0 amide bonds. The van der Waals surface area contributed by atoms with Gasteiger partial charge in [-0.15, -0.1) is 0 Å². The molecule has 5 heteroatoms. The van der Waals surface area contributed by atoms with Gasteiger partial charge in [-0.05, 0) is 30.3 Å². The minimum absolute atomic E-state index is 0.0484. The number of benzene rings is 2. The average Bonchev–Trinajstić information content (AvgIpc) is 2.34. The maximum absolute atomic E-state index is 12.8. The Morgan fingerprint density at radius 2 is 1.78 bits per heavy atom. The third-order valence-corrected chi connectivity index (χ3v) is 2.64.